The molecular formula is C14H26O4. The quantitative estimate of drug-likeness (QED) is 0.561. The molecule has 4 nitrogen and oxygen atoms in total. The molecule has 106 valence electrons. The van der Waals surface area contributed by atoms with E-state index in [-0.39, 0.29) is 12.2 Å². The molecule has 18 heavy (non-hydrogen) atoms. The first-order chi connectivity index (χ1) is 8.66. The fourth-order valence-electron chi connectivity index (χ4n) is 2.66. The average molecular weight is 258 g/mol. The van der Waals surface area contributed by atoms with Crippen molar-refractivity contribution in [3.63, 3.8) is 0 Å². The minimum absolute atomic E-state index is 0.184. The number of methoxy groups -OCH3 is 3. The van der Waals surface area contributed by atoms with E-state index >= 15 is 0 Å². The van der Waals surface area contributed by atoms with Crippen LogP contribution >= 0.6 is 0 Å². The molecule has 0 aromatic carbocycles. The number of rotatable bonds is 7. The second kappa shape index (κ2) is 7.89. The van der Waals surface area contributed by atoms with E-state index in [1.165, 1.54) is 0 Å². The molecule has 1 rings (SSSR count). The molecule has 0 bridgehead atoms. The molecule has 0 amide bonds. The van der Waals surface area contributed by atoms with Crippen molar-refractivity contribution in [1.82, 2.24) is 0 Å². The zero-order chi connectivity index (χ0) is 13.4. The molecule has 1 saturated carbocycles. The summed E-state index contributed by atoms with van der Waals surface area (Å²) in [6.07, 6.45) is 8.31. The Morgan fingerprint density at radius 3 is 2.61 bits per heavy atom. The first-order valence-corrected chi connectivity index (χ1v) is 6.61. The summed E-state index contributed by atoms with van der Waals surface area (Å²) in [5.41, 5.74) is -0.744. The minimum Gasteiger partial charge on any atom is -0.386 e. The largest absolute Gasteiger partial charge is 0.386 e. The third kappa shape index (κ3) is 4.35. The van der Waals surface area contributed by atoms with E-state index in [0.29, 0.717) is 6.61 Å². The first kappa shape index (κ1) is 15.6. The van der Waals surface area contributed by atoms with Crippen molar-refractivity contribution in [2.45, 2.75) is 44.0 Å². The van der Waals surface area contributed by atoms with Crippen molar-refractivity contribution >= 4 is 0 Å². The second-order valence-electron chi connectivity index (χ2n) is 4.93. The Kier molecular flexibility index (Phi) is 6.86. The van der Waals surface area contributed by atoms with E-state index < -0.39 is 5.60 Å². The lowest BCUT2D eigenvalue weighted by Crippen LogP contribution is -2.41. The van der Waals surface area contributed by atoms with E-state index in [4.69, 9.17) is 14.2 Å². The highest BCUT2D eigenvalue weighted by molar-refractivity contribution is 5.06. The van der Waals surface area contributed by atoms with Crippen molar-refractivity contribution in [2.75, 3.05) is 27.9 Å². The van der Waals surface area contributed by atoms with Crippen LogP contribution in [0.1, 0.15) is 32.1 Å². The van der Waals surface area contributed by atoms with Crippen LogP contribution in [0.2, 0.25) is 0 Å². The number of hydrogen-bond donors (Lipinski definition) is 1. The molecule has 0 aromatic rings. The van der Waals surface area contributed by atoms with Gasteiger partial charge < -0.3 is 19.3 Å². The Morgan fingerprint density at radius 2 is 2.00 bits per heavy atom. The van der Waals surface area contributed by atoms with Gasteiger partial charge in [0, 0.05) is 27.8 Å². The Morgan fingerprint density at radius 1 is 1.28 bits per heavy atom. The monoisotopic (exact) mass is 258 g/mol. The highest BCUT2D eigenvalue weighted by atomic mass is 16.7. The second-order valence-corrected chi connectivity index (χ2v) is 4.93. The van der Waals surface area contributed by atoms with E-state index in [0.717, 1.165) is 32.1 Å². The Bertz CT molecular complexity index is 250. The molecule has 4 heteroatoms. The molecule has 1 fully saturated rings. The molecule has 0 aromatic heterocycles. The predicted octanol–water partition coefficient (Wildman–Crippen LogP) is 2.12. The molecule has 0 saturated heterocycles. The smallest absolute Gasteiger partial charge is 0.157 e. The Labute approximate surface area is 110 Å². The van der Waals surface area contributed by atoms with Crippen molar-refractivity contribution in [2.24, 2.45) is 5.92 Å². The van der Waals surface area contributed by atoms with Crippen LogP contribution in [0.3, 0.4) is 0 Å². The summed E-state index contributed by atoms with van der Waals surface area (Å²) in [6.45, 7) is 0.535. The van der Waals surface area contributed by atoms with Gasteiger partial charge in [-0.05, 0) is 18.8 Å². The zero-order valence-corrected chi connectivity index (χ0v) is 11.7. The molecule has 1 N–H and O–H groups in total. The number of ether oxygens (including phenoxy) is 3. The molecular weight excluding hydrogens is 232 g/mol. The molecule has 0 heterocycles. The summed E-state index contributed by atoms with van der Waals surface area (Å²) in [7, 11) is 4.92. The van der Waals surface area contributed by atoms with Gasteiger partial charge in [0.05, 0.1) is 12.2 Å². The van der Waals surface area contributed by atoms with Crippen molar-refractivity contribution < 1.29 is 19.3 Å². The van der Waals surface area contributed by atoms with Crippen LogP contribution in [0, 0.1) is 5.92 Å². The molecule has 1 aliphatic rings. The van der Waals surface area contributed by atoms with Crippen LogP contribution in [0.4, 0.5) is 0 Å². The molecule has 1 aliphatic carbocycles. The summed E-state index contributed by atoms with van der Waals surface area (Å²) in [5.74, 6) is 0.184. The van der Waals surface area contributed by atoms with Crippen LogP contribution in [0.5, 0.6) is 0 Å². The third-order valence-corrected chi connectivity index (χ3v) is 3.76. The van der Waals surface area contributed by atoms with E-state index in [9.17, 15) is 5.11 Å². The number of hydrogen-bond acceptors (Lipinski definition) is 4. The average Bonchev–Trinajstić information content (AvgIpc) is 2.38. The van der Waals surface area contributed by atoms with Gasteiger partial charge in [0.15, 0.2) is 6.29 Å². The topological polar surface area (TPSA) is 47.9 Å². The Balaban J connectivity index is 2.65. The standard InChI is InChI=1S/C14H26O4/c1-16-10-6-9-14(15)8-5-4-7-12(14)11-13(17-2)18-3/h6,9,12-13,15H,4-5,7-8,10-11H2,1-3H3/t12-,14-/m1/s1. The molecule has 0 spiro atoms. The maximum Gasteiger partial charge on any atom is 0.157 e. The molecule has 0 radical (unpaired) electrons. The minimum atomic E-state index is -0.744. The highest BCUT2D eigenvalue weighted by Gasteiger charge is 2.37. The summed E-state index contributed by atoms with van der Waals surface area (Å²) in [6, 6.07) is 0. The summed E-state index contributed by atoms with van der Waals surface area (Å²) >= 11 is 0. The summed E-state index contributed by atoms with van der Waals surface area (Å²) in [5, 5.41) is 10.7. The lowest BCUT2D eigenvalue weighted by Gasteiger charge is -2.39. The van der Waals surface area contributed by atoms with Gasteiger partial charge in [-0.2, -0.15) is 0 Å². The van der Waals surface area contributed by atoms with Crippen molar-refractivity contribution in [3.8, 4) is 0 Å². The molecule has 0 aliphatic heterocycles. The van der Waals surface area contributed by atoms with Crippen LogP contribution in [0.25, 0.3) is 0 Å². The van der Waals surface area contributed by atoms with Gasteiger partial charge in [0.2, 0.25) is 0 Å². The van der Waals surface area contributed by atoms with Gasteiger partial charge in [-0.1, -0.05) is 25.0 Å². The van der Waals surface area contributed by atoms with Gasteiger partial charge in [-0.3, -0.25) is 0 Å². The fraction of sp³-hybridized carbons (Fsp3) is 0.857. The van der Waals surface area contributed by atoms with Crippen LogP contribution in [-0.2, 0) is 14.2 Å². The van der Waals surface area contributed by atoms with Crippen molar-refractivity contribution in [1.29, 1.82) is 0 Å². The summed E-state index contributed by atoms with van der Waals surface area (Å²) < 4.78 is 15.5. The zero-order valence-electron chi connectivity index (χ0n) is 11.7. The molecule has 0 unspecified atom stereocenters. The first-order valence-electron chi connectivity index (χ1n) is 6.61. The fourth-order valence-corrected chi connectivity index (χ4v) is 2.66. The summed E-state index contributed by atoms with van der Waals surface area (Å²) in [4.78, 5) is 0. The van der Waals surface area contributed by atoms with Gasteiger partial charge in [-0.25, -0.2) is 0 Å². The van der Waals surface area contributed by atoms with Gasteiger partial charge in [0.1, 0.15) is 0 Å². The maximum absolute atomic E-state index is 10.7. The predicted molar refractivity (Wildman–Crippen MR) is 70.3 cm³/mol. The van der Waals surface area contributed by atoms with Gasteiger partial charge in [-0.15, -0.1) is 0 Å². The highest BCUT2D eigenvalue weighted by Crippen LogP contribution is 2.38. The van der Waals surface area contributed by atoms with Crippen LogP contribution in [-0.4, -0.2) is 44.9 Å². The van der Waals surface area contributed by atoms with E-state index in [2.05, 4.69) is 0 Å². The normalized spacial score (nSPS) is 29.3. The van der Waals surface area contributed by atoms with Crippen LogP contribution in [0.15, 0.2) is 12.2 Å². The Hall–Kier alpha value is -0.420. The SMILES string of the molecule is COCC=C[C@]1(O)CCCC[C@@H]1CC(OC)OC. The van der Waals surface area contributed by atoms with Crippen molar-refractivity contribution in [3.05, 3.63) is 12.2 Å². The van der Waals surface area contributed by atoms with E-state index in [1.54, 1.807) is 21.3 Å². The third-order valence-electron chi connectivity index (χ3n) is 3.76. The lowest BCUT2D eigenvalue weighted by molar-refractivity contribution is -0.133. The van der Waals surface area contributed by atoms with E-state index in [1.807, 2.05) is 12.2 Å². The van der Waals surface area contributed by atoms with Gasteiger partial charge in [0.25, 0.3) is 0 Å². The van der Waals surface area contributed by atoms with Crippen LogP contribution < -0.4 is 0 Å². The maximum atomic E-state index is 10.7. The molecule has 2 atom stereocenters. The number of aliphatic hydroxyl groups is 1. The lowest BCUT2D eigenvalue weighted by atomic mass is 9.73. The van der Waals surface area contributed by atoms with Gasteiger partial charge >= 0.3 is 0 Å².